The molecule has 0 spiro atoms. The van der Waals surface area contributed by atoms with Gasteiger partial charge >= 0.3 is 13.8 Å². The molecule has 0 aromatic carbocycles. The lowest BCUT2D eigenvalue weighted by Crippen LogP contribution is -2.44. The van der Waals surface area contributed by atoms with Gasteiger partial charge in [-0.2, -0.15) is 11.8 Å². The molecule has 1 amide bonds. The van der Waals surface area contributed by atoms with Crippen molar-refractivity contribution in [3.8, 4) is 0 Å². The van der Waals surface area contributed by atoms with Gasteiger partial charge in [0.2, 0.25) is 6.41 Å². The van der Waals surface area contributed by atoms with E-state index in [0.29, 0.717) is 12.2 Å². The molecule has 5 atom stereocenters. The molecule has 1 aliphatic rings. The van der Waals surface area contributed by atoms with Gasteiger partial charge in [0, 0.05) is 0 Å². The largest absolute Gasteiger partial charge is 0.469 e. The monoisotopic (exact) mass is 506 g/mol. The summed E-state index contributed by atoms with van der Waals surface area (Å²) in [5.41, 5.74) is 6.23. The number of ether oxygens (including phenoxy) is 2. The first-order valence-electron chi connectivity index (χ1n) is 9.52. The van der Waals surface area contributed by atoms with Gasteiger partial charge in [-0.05, 0) is 18.4 Å². The van der Waals surface area contributed by atoms with Crippen molar-refractivity contribution in [3.05, 3.63) is 12.7 Å². The van der Waals surface area contributed by atoms with E-state index in [4.69, 9.17) is 25.0 Å². The number of aromatic nitrogens is 4. The third kappa shape index (κ3) is 5.97. The summed E-state index contributed by atoms with van der Waals surface area (Å²) in [6, 6.07) is -0.994. The number of amides is 1. The lowest BCUT2D eigenvalue weighted by Gasteiger charge is -2.23. The van der Waals surface area contributed by atoms with Crippen LogP contribution in [0.2, 0.25) is 0 Å². The number of phosphoric acid groups is 1. The molecule has 3 rings (SSSR count). The molecular weight excluding hydrogens is 483 g/mol. The van der Waals surface area contributed by atoms with Crippen LogP contribution in [0.15, 0.2) is 12.7 Å². The molecule has 1 aliphatic heterocycles. The molecule has 6 N–H and O–H groups in total. The number of rotatable bonds is 11. The highest BCUT2D eigenvalue weighted by Gasteiger charge is 2.49. The summed E-state index contributed by atoms with van der Waals surface area (Å²) in [4.78, 5) is 53.6. The molecule has 0 radical (unpaired) electrons. The Morgan fingerprint density at radius 1 is 1.45 bits per heavy atom. The SMILES string of the molecule is CSCCC(NC=O)C(=O)OC1C(COP(=O)(O)O)OC(n2cnc3c(N)ncnc32)C1O. The van der Waals surface area contributed by atoms with Crippen LogP contribution in [0.1, 0.15) is 12.6 Å². The van der Waals surface area contributed by atoms with Crippen molar-refractivity contribution < 1.29 is 43.0 Å². The van der Waals surface area contributed by atoms with Crippen LogP contribution in [0.5, 0.6) is 0 Å². The minimum atomic E-state index is -4.89. The number of nitrogens with two attached hydrogens (primary N) is 1. The number of imidazole rings is 1. The third-order valence-corrected chi connectivity index (χ3v) is 5.92. The maximum atomic E-state index is 12.7. The molecule has 33 heavy (non-hydrogen) atoms. The highest BCUT2D eigenvalue weighted by molar-refractivity contribution is 7.98. The van der Waals surface area contributed by atoms with Crippen LogP contribution in [-0.4, -0.2) is 89.8 Å². The highest BCUT2D eigenvalue weighted by Crippen LogP contribution is 2.39. The summed E-state index contributed by atoms with van der Waals surface area (Å²) in [5.74, 6) is -0.223. The minimum Gasteiger partial charge on any atom is -0.455 e. The fourth-order valence-corrected chi connectivity index (χ4v) is 4.07. The molecule has 1 saturated heterocycles. The van der Waals surface area contributed by atoms with Crippen molar-refractivity contribution in [2.45, 2.75) is 37.0 Å². The Hall–Kier alpha value is -2.33. The van der Waals surface area contributed by atoms with E-state index in [2.05, 4.69) is 24.8 Å². The van der Waals surface area contributed by atoms with Crippen molar-refractivity contribution in [2.75, 3.05) is 24.3 Å². The topological polar surface area (TPSA) is 221 Å². The number of carbonyl (C=O) groups excluding carboxylic acids is 2. The van der Waals surface area contributed by atoms with E-state index in [9.17, 15) is 19.3 Å². The van der Waals surface area contributed by atoms with Crippen LogP contribution < -0.4 is 11.1 Å². The number of anilines is 1. The standard InChI is InChI=1S/C16H23N6O9PS/c1-33-3-2-8(21-7-23)16(25)31-12-9(4-29-32(26,27)28)30-15(11(12)24)22-6-20-10-13(17)18-5-19-14(10)22/h5-9,11-12,15,24H,2-4H2,1H3,(H,21,23)(H2,17,18,19)(H2,26,27,28). The molecule has 0 bridgehead atoms. The smallest absolute Gasteiger partial charge is 0.455 e. The fourth-order valence-electron chi connectivity index (χ4n) is 3.26. The number of esters is 1. The maximum Gasteiger partial charge on any atom is 0.469 e. The number of hydrogen-bond acceptors (Lipinski definition) is 12. The Bertz CT molecular complexity index is 1040. The van der Waals surface area contributed by atoms with Crippen LogP contribution >= 0.6 is 19.6 Å². The number of phosphoric ester groups is 1. The number of hydrogen-bond donors (Lipinski definition) is 5. The highest BCUT2D eigenvalue weighted by atomic mass is 32.2. The van der Waals surface area contributed by atoms with Gasteiger partial charge in [-0.1, -0.05) is 0 Å². The van der Waals surface area contributed by atoms with Crippen LogP contribution in [0.4, 0.5) is 5.82 Å². The van der Waals surface area contributed by atoms with E-state index in [-0.39, 0.29) is 23.4 Å². The lowest BCUT2D eigenvalue weighted by molar-refractivity contribution is -0.159. The zero-order valence-corrected chi connectivity index (χ0v) is 19.0. The molecule has 2 aromatic rings. The average molecular weight is 506 g/mol. The molecule has 0 saturated carbocycles. The summed E-state index contributed by atoms with van der Waals surface area (Å²) in [5, 5.41) is 13.3. The number of nitrogens with zero attached hydrogens (tertiary/aromatic N) is 4. The van der Waals surface area contributed by atoms with Gasteiger partial charge in [0.1, 0.15) is 30.1 Å². The summed E-state index contributed by atoms with van der Waals surface area (Å²) in [6.07, 6.45) is -0.476. The molecule has 0 aliphatic carbocycles. The van der Waals surface area contributed by atoms with Crippen molar-refractivity contribution in [3.63, 3.8) is 0 Å². The Morgan fingerprint density at radius 3 is 2.88 bits per heavy atom. The minimum absolute atomic E-state index is 0.0900. The van der Waals surface area contributed by atoms with Gasteiger partial charge < -0.3 is 35.4 Å². The number of aliphatic hydroxyl groups excluding tert-OH is 1. The average Bonchev–Trinajstić information content (AvgIpc) is 3.31. The first-order chi connectivity index (χ1) is 15.7. The number of aliphatic hydroxyl groups is 1. The molecule has 182 valence electrons. The van der Waals surface area contributed by atoms with Gasteiger partial charge in [-0.25, -0.2) is 24.3 Å². The van der Waals surface area contributed by atoms with Crippen LogP contribution in [0.25, 0.3) is 11.2 Å². The van der Waals surface area contributed by atoms with E-state index in [1.54, 1.807) is 0 Å². The fraction of sp³-hybridized carbons (Fsp3) is 0.562. The lowest BCUT2D eigenvalue weighted by atomic mass is 10.1. The van der Waals surface area contributed by atoms with Gasteiger partial charge in [-0.15, -0.1) is 0 Å². The molecule has 15 nitrogen and oxygen atoms in total. The molecular formula is C16H23N6O9PS. The number of thioether (sulfide) groups is 1. The van der Waals surface area contributed by atoms with E-state index in [1.165, 1.54) is 29.0 Å². The van der Waals surface area contributed by atoms with E-state index in [0.717, 1.165) is 0 Å². The normalized spacial score (nSPS) is 24.0. The summed E-state index contributed by atoms with van der Waals surface area (Å²) in [7, 11) is -4.89. The zero-order chi connectivity index (χ0) is 24.2. The summed E-state index contributed by atoms with van der Waals surface area (Å²) >= 11 is 1.45. The van der Waals surface area contributed by atoms with Crippen molar-refractivity contribution >= 4 is 48.9 Å². The summed E-state index contributed by atoms with van der Waals surface area (Å²) < 4.78 is 28.2. The van der Waals surface area contributed by atoms with E-state index in [1.807, 2.05) is 6.26 Å². The zero-order valence-electron chi connectivity index (χ0n) is 17.3. The predicted molar refractivity (Wildman–Crippen MR) is 114 cm³/mol. The Morgan fingerprint density at radius 2 is 2.21 bits per heavy atom. The van der Waals surface area contributed by atoms with Crippen molar-refractivity contribution in [1.82, 2.24) is 24.8 Å². The number of carbonyl (C=O) groups is 2. The van der Waals surface area contributed by atoms with Gasteiger partial charge in [-0.3, -0.25) is 13.9 Å². The molecule has 1 fully saturated rings. The second-order valence-corrected chi connectivity index (χ2v) is 9.17. The van der Waals surface area contributed by atoms with Gasteiger partial charge in [0.05, 0.1) is 12.9 Å². The summed E-state index contributed by atoms with van der Waals surface area (Å²) in [6.45, 7) is -0.698. The number of nitrogens with one attached hydrogen (secondary N) is 1. The molecule has 17 heteroatoms. The first-order valence-corrected chi connectivity index (χ1v) is 12.4. The van der Waals surface area contributed by atoms with Gasteiger partial charge in [0.25, 0.3) is 0 Å². The van der Waals surface area contributed by atoms with Crippen molar-refractivity contribution in [2.24, 2.45) is 0 Å². The van der Waals surface area contributed by atoms with E-state index < -0.39 is 51.0 Å². The van der Waals surface area contributed by atoms with Crippen LogP contribution in [-0.2, 0) is 28.2 Å². The quantitative estimate of drug-likeness (QED) is 0.134. The Labute approximate surface area is 191 Å². The maximum absolute atomic E-state index is 12.7. The number of fused-ring (bicyclic) bond motifs is 1. The number of nitrogen functional groups attached to an aromatic ring is 1. The van der Waals surface area contributed by atoms with Crippen LogP contribution in [0.3, 0.4) is 0 Å². The third-order valence-electron chi connectivity index (χ3n) is 4.79. The Balaban J connectivity index is 1.86. The van der Waals surface area contributed by atoms with Gasteiger partial charge in [0.15, 0.2) is 23.8 Å². The molecule has 3 heterocycles. The second kappa shape index (κ2) is 10.7. The second-order valence-electron chi connectivity index (χ2n) is 6.95. The Kier molecular flexibility index (Phi) is 8.23. The molecule has 5 unspecified atom stereocenters. The van der Waals surface area contributed by atoms with Crippen molar-refractivity contribution in [1.29, 1.82) is 0 Å². The van der Waals surface area contributed by atoms with E-state index >= 15 is 0 Å². The van der Waals surface area contributed by atoms with Crippen LogP contribution in [0, 0.1) is 0 Å². The first kappa shape index (κ1) is 25.3. The predicted octanol–water partition coefficient (Wildman–Crippen LogP) is -1.44. The molecule has 2 aromatic heterocycles.